The Hall–Kier alpha value is -1.99. The van der Waals surface area contributed by atoms with Gasteiger partial charge in [0.25, 0.3) is 11.8 Å². The van der Waals surface area contributed by atoms with E-state index < -0.39 is 17.9 Å². The fourth-order valence-electron chi connectivity index (χ4n) is 3.90. The molecule has 1 fully saturated rings. The summed E-state index contributed by atoms with van der Waals surface area (Å²) in [7, 11) is 1.62. The maximum atomic E-state index is 13.6. The van der Waals surface area contributed by atoms with Crippen LogP contribution < -0.4 is 5.32 Å². The van der Waals surface area contributed by atoms with Crippen LogP contribution in [0.15, 0.2) is 24.4 Å². The zero-order valence-electron chi connectivity index (χ0n) is 15.7. The van der Waals surface area contributed by atoms with Gasteiger partial charge in [0.05, 0.1) is 23.3 Å². The molecule has 148 valence electrons. The minimum absolute atomic E-state index is 0.182. The van der Waals surface area contributed by atoms with Crippen LogP contribution in [0.1, 0.15) is 47.3 Å². The first kappa shape index (κ1) is 19.8. The van der Waals surface area contributed by atoms with E-state index in [9.17, 15) is 18.7 Å². The van der Waals surface area contributed by atoms with Gasteiger partial charge in [-0.05, 0) is 37.5 Å². The molecule has 0 aromatic carbocycles. The molecule has 2 heterocycles. The van der Waals surface area contributed by atoms with E-state index in [1.165, 1.54) is 0 Å². The van der Waals surface area contributed by atoms with Gasteiger partial charge in [-0.3, -0.25) is 4.79 Å². The number of halogens is 2. The van der Waals surface area contributed by atoms with Crippen LogP contribution >= 0.6 is 0 Å². The third-order valence-corrected chi connectivity index (χ3v) is 5.23. The third-order valence-electron chi connectivity index (χ3n) is 5.23. The molecule has 2 aromatic rings. The lowest BCUT2D eigenvalue weighted by Gasteiger charge is -2.36. The second-order valence-corrected chi connectivity index (χ2v) is 7.50. The van der Waals surface area contributed by atoms with Crippen molar-refractivity contribution in [3.05, 3.63) is 41.2 Å². The lowest BCUT2D eigenvalue weighted by atomic mass is 9.82. The highest BCUT2D eigenvalue weighted by Gasteiger charge is 2.44. The van der Waals surface area contributed by atoms with E-state index in [4.69, 9.17) is 4.74 Å². The molecule has 0 radical (unpaired) electrons. The standard InChI is InChI=1S/C20H26F2N2O3/c1-14-5-3-9-24-15(6-10-27-2)11-16(17(14)24)18(25)23-13-19(26)7-4-8-20(21,22)12-19/h3,5,9,11,26H,4,6-8,10,12-13H2,1-2H3,(H,23,25). The van der Waals surface area contributed by atoms with E-state index in [0.29, 0.717) is 18.6 Å². The van der Waals surface area contributed by atoms with E-state index in [2.05, 4.69) is 5.32 Å². The fourth-order valence-corrected chi connectivity index (χ4v) is 3.90. The van der Waals surface area contributed by atoms with Gasteiger partial charge in [-0.1, -0.05) is 6.07 Å². The average Bonchev–Trinajstić information content (AvgIpc) is 2.97. The molecule has 0 aliphatic heterocycles. The fraction of sp³-hybridized carbons (Fsp3) is 0.550. The highest BCUT2D eigenvalue weighted by molar-refractivity contribution is 6.02. The van der Waals surface area contributed by atoms with Gasteiger partial charge >= 0.3 is 0 Å². The summed E-state index contributed by atoms with van der Waals surface area (Å²) in [5, 5.41) is 13.1. The second-order valence-electron chi connectivity index (χ2n) is 7.50. The van der Waals surface area contributed by atoms with Crippen LogP contribution in [0, 0.1) is 6.92 Å². The monoisotopic (exact) mass is 380 g/mol. The number of nitrogens with zero attached hydrogens (tertiary/aromatic N) is 1. The first-order valence-electron chi connectivity index (χ1n) is 9.22. The van der Waals surface area contributed by atoms with Crippen molar-refractivity contribution < 1.29 is 23.4 Å². The molecule has 7 heteroatoms. The van der Waals surface area contributed by atoms with Gasteiger partial charge in [0.1, 0.15) is 0 Å². The van der Waals surface area contributed by atoms with Crippen LogP contribution in [0.4, 0.5) is 8.78 Å². The number of fused-ring (bicyclic) bond motifs is 1. The Morgan fingerprint density at radius 2 is 2.19 bits per heavy atom. The topological polar surface area (TPSA) is 63.0 Å². The Kier molecular flexibility index (Phi) is 5.53. The van der Waals surface area contributed by atoms with Gasteiger partial charge in [0.15, 0.2) is 0 Å². The number of nitrogens with one attached hydrogen (secondary N) is 1. The van der Waals surface area contributed by atoms with E-state index in [0.717, 1.165) is 16.8 Å². The van der Waals surface area contributed by atoms with Crippen molar-refractivity contribution in [3.8, 4) is 0 Å². The zero-order chi connectivity index (χ0) is 19.7. The Morgan fingerprint density at radius 1 is 1.41 bits per heavy atom. The van der Waals surface area contributed by atoms with Gasteiger partial charge in [-0.25, -0.2) is 8.78 Å². The van der Waals surface area contributed by atoms with Crippen molar-refractivity contribution in [2.24, 2.45) is 0 Å². The molecule has 3 rings (SSSR count). The number of aryl methyl sites for hydroxylation is 1. The molecule has 1 unspecified atom stereocenters. The number of aromatic nitrogens is 1. The maximum absolute atomic E-state index is 13.6. The minimum Gasteiger partial charge on any atom is -0.388 e. The van der Waals surface area contributed by atoms with Crippen LogP contribution in [0.25, 0.3) is 5.52 Å². The molecule has 2 aromatic heterocycles. The average molecular weight is 380 g/mol. The lowest BCUT2D eigenvalue weighted by Crippen LogP contribution is -2.49. The Morgan fingerprint density at radius 3 is 2.89 bits per heavy atom. The number of hydrogen-bond donors (Lipinski definition) is 2. The summed E-state index contributed by atoms with van der Waals surface area (Å²) in [4.78, 5) is 12.8. The molecule has 0 saturated heterocycles. The number of hydrogen-bond acceptors (Lipinski definition) is 3. The number of amides is 1. The van der Waals surface area contributed by atoms with Gasteiger partial charge in [-0.2, -0.15) is 0 Å². The molecule has 2 N–H and O–H groups in total. The summed E-state index contributed by atoms with van der Waals surface area (Å²) in [5.41, 5.74) is 1.56. The summed E-state index contributed by atoms with van der Waals surface area (Å²) in [6.07, 6.45) is 2.21. The molecule has 1 aliphatic rings. The van der Waals surface area contributed by atoms with E-state index in [-0.39, 0.29) is 31.7 Å². The van der Waals surface area contributed by atoms with Crippen molar-refractivity contribution >= 4 is 11.4 Å². The molecule has 1 atom stereocenters. The number of alkyl halides is 2. The number of carbonyl (C=O) groups is 1. The van der Waals surface area contributed by atoms with Gasteiger partial charge in [-0.15, -0.1) is 0 Å². The molecule has 1 saturated carbocycles. The molecule has 1 aliphatic carbocycles. The smallest absolute Gasteiger partial charge is 0.253 e. The zero-order valence-corrected chi connectivity index (χ0v) is 15.7. The van der Waals surface area contributed by atoms with Crippen LogP contribution in [-0.4, -0.2) is 47.2 Å². The molecular weight excluding hydrogens is 354 g/mol. The predicted molar refractivity (Wildman–Crippen MR) is 98.4 cm³/mol. The van der Waals surface area contributed by atoms with Crippen molar-refractivity contribution in [3.63, 3.8) is 0 Å². The van der Waals surface area contributed by atoms with Gasteiger partial charge in [0.2, 0.25) is 0 Å². The number of rotatable bonds is 6. The van der Waals surface area contributed by atoms with E-state index in [1.54, 1.807) is 13.2 Å². The number of carbonyl (C=O) groups excluding carboxylic acids is 1. The first-order chi connectivity index (χ1) is 12.7. The molecule has 27 heavy (non-hydrogen) atoms. The van der Waals surface area contributed by atoms with E-state index in [1.807, 2.05) is 29.7 Å². The third kappa shape index (κ3) is 4.30. The molecule has 5 nitrogen and oxygen atoms in total. The quantitative estimate of drug-likeness (QED) is 0.810. The van der Waals surface area contributed by atoms with Gasteiger partial charge < -0.3 is 19.6 Å². The Balaban J connectivity index is 1.81. The molecular formula is C20H26F2N2O3. The number of ether oxygens (including phenoxy) is 1. The minimum atomic E-state index is -2.88. The predicted octanol–water partition coefficient (Wildman–Crippen LogP) is 3.11. The normalized spacial score (nSPS) is 22.1. The number of aliphatic hydroxyl groups is 1. The van der Waals surface area contributed by atoms with Crippen molar-refractivity contribution in [1.29, 1.82) is 0 Å². The first-order valence-corrected chi connectivity index (χ1v) is 9.22. The van der Waals surface area contributed by atoms with Crippen LogP contribution in [0.5, 0.6) is 0 Å². The van der Waals surface area contributed by atoms with Crippen LogP contribution in [0.3, 0.4) is 0 Å². The molecule has 0 spiro atoms. The number of methoxy groups -OCH3 is 1. The van der Waals surface area contributed by atoms with Crippen LogP contribution in [0.2, 0.25) is 0 Å². The summed E-state index contributed by atoms with van der Waals surface area (Å²) in [5.74, 6) is -3.25. The maximum Gasteiger partial charge on any atom is 0.253 e. The van der Waals surface area contributed by atoms with Crippen LogP contribution in [-0.2, 0) is 11.2 Å². The highest BCUT2D eigenvalue weighted by Crippen LogP contribution is 2.38. The Bertz CT molecular complexity index is 834. The lowest BCUT2D eigenvalue weighted by molar-refractivity contribution is -0.121. The van der Waals surface area contributed by atoms with Crippen molar-refractivity contribution in [2.45, 2.75) is 50.6 Å². The Labute approximate surface area is 157 Å². The van der Waals surface area contributed by atoms with E-state index >= 15 is 0 Å². The molecule has 0 bridgehead atoms. The van der Waals surface area contributed by atoms with Crippen molar-refractivity contribution in [1.82, 2.24) is 9.72 Å². The highest BCUT2D eigenvalue weighted by atomic mass is 19.3. The second kappa shape index (κ2) is 7.56. The number of pyridine rings is 1. The summed E-state index contributed by atoms with van der Waals surface area (Å²) in [6, 6.07) is 5.63. The molecule has 1 amide bonds. The summed E-state index contributed by atoms with van der Waals surface area (Å²) >= 11 is 0. The summed E-state index contributed by atoms with van der Waals surface area (Å²) in [6.45, 7) is 2.26. The SMILES string of the molecule is COCCc1cc(C(=O)NCC2(O)CCCC(F)(F)C2)c2c(C)cccn12. The summed E-state index contributed by atoms with van der Waals surface area (Å²) < 4.78 is 34.4. The largest absolute Gasteiger partial charge is 0.388 e. The van der Waals surface area contributed by atoms with Gasteiger partial charge in [0, 0.05) is 44.8 Å². The van der Waals surface area contributed by atoms with Crippen molar-refractivity contribution in [2.75, 3.05) is 20.3 Å².